The van der Waals surface area contributed by atoms with E-state index in [0.717, 1.165) is 12.1 Å². The molecule has 3 aromatic rings. The van der Waals surface area contributed by atoms with Crippen LogP contribution in [0, 0.1) is 17.6 Å². The highest BCUT2D eigenvalue weighted by molar-refractivity contribution is 6.33. The largest absolute Gasteiger partial charge is 0.369 e. The zero-order valence-electron chi connectivity index (χ0n) is 12.8. The van der Waals surface area contributed by atoms with Crippen LogP contribution in [0.15, 0.2) is 18.2 Å². The molecular formula is C15H13Cl2F2N5. The monoisotopic (exact) mass is 371 g/mol. The first-order chi connectivity index (χ1) is 11.4. The topological polar surface area (TPSA) is 55.1 Å². The number of halogens is 4. The van der Waals surface area contributed by atoms with Gasteiger partial charge in [0.05, 0.1) is 5.56 Å². The van der Waals surface area contributed by atoms with Gasteiger partial charge in [-0.1, -0.05) is 25.4 Å². The van der Waals surface area contributed by atoms with Gasteiger partial charge in [-0.05, 0) is 29.7 Å². The van der Waals surface area contributed by atoms with E-state index in [1.54, 1.807) is 0 Å². The molecule has 0 bridgehead atoms. The standard InChI is InChI=1S/C15H13Cl2F2N5/c1-7(2)6-20-13-11(9-4-3-8(18)5-10(9)19)12(16)21-15-22-14(17)23-24(13)15/h3-5,7,20H,6H2,1-2H3. The molecular weight excluding hydrogens is 359 g/mol. The van der Waals surface area contributed by atoms with Crippen molar-refractivity contribution in [3.05, 3.63) is 40.3 Å². The summed E-state index contributed by atoms with van der Waals surface area (Å²) in [6.07, 6.45) is 0. The van der Waals surface area contributed by atoms with E-state index in [1.807, 2.05) is 13.8 Å². The Labute approximate surface area is 146 Å². The molecule has 0 unspecified atom stereocenters. The van der Waals surface area contributed by atoms with E-state index in [4.69, 9.17) is 23.2 Å². The molecule has 0 fully saturated rings. The van der Waals surface area contributed by atoms with Crippen molar-refractivity contribution < 1.29 is 8.78 Å². The highest BCUT2D eigenvalue weighted by Gasteiger charge is 2.21. The fraction of sp³-hybridized carbons (Fsp3) is 0.267. The van der Waals surface area contributed by atoms with Crippen molar-refractivity contribution >= 4 is 34.8 Å². The molecule has 9 heteroatoms. The smallest absolute Gasteiger partial charge is 0.256 e. The molecule has 1 aromatic carbocycles. The van der Waals surface area contributed by atoms with E-state index in [9.17, 15) is 8.78 Å². The molecule has 0 atom stereocenters. The van der Waals surface area contributed by atoms with Crippen LogP contribution < -0.4 is 5.32 Å². The van der Waals surface area contributed by atoms with Crippen LogP contribution in [-0.2, 0) is 0 Å². The third kappa shape index (κ3) is 3.14. The minimum Gasteiger partial charge on any atom is -0.369 e. The maximum absolute atomic E-state index is 14.3. The molecule has 0 amide bonds. The first-order valence-corrected chi connectivity index (χ1v) is 7.93. The van der Waals surface area contributed by atoms with Crippen molar-refractivity contribution in [1.82, 2.24) is 19.6 Å². The van der Waals surface area contributed by atoms with Crippen LogP contribution in [0.3, 0.4) is 0 Å². The summed E-state index contributed by atoms with van der Waals surface area (Å²) in [5.74, 6) is -0.554. The molecule has 2 aromatic heterocycles. The van der Waals surface area contributed by atoms with Crippen molar-refractivity contribution in [3.63, 3.8) is 0 Å². The van der Waals surface area contributed by atoms with Crippen LogP contribution in [0.5, 0.6) is 0 Å². The Morgan fingerprint density at radius 1 is 1.21 bits per heavy atom. The first kappa shape index (κ1) is 16.9. The second-order valence-electron chi connectivity index (χ2n) is 5.62. The van der Waals surface area contributed by atoms with Crippen molar-refractivity contribution in [2.75, 3.05) is 11.9 Å². The number of benzene rings is 1. The summed E-state index contributed by atoms with van der Waals surface area (Å²) in [5, 5.41) is 7.23. The fourth-order valence-corrected chi connectivity index (χ4v) is 2.66. The average molecular weight is 372 g/mol. The molecule has 1 N–H and O–H groups in total. The molecule has 2 heterocycles. The Bertz CT molecular complexity index is 911. The molecule has 0 saturated heterocycles. The maximum Gasteiger partial charge on any atom is 0.256 e. The van der Waals surface area contributed by atoms with Gasteiger partial charge in [0.2, 0.25) is 5.28 Å². The second-order valence-corrected chi connectivity index (χ2v) is 6.31. The SMILES string of the molecule is CC(C)CNc1c(-c2ccc(F)cc2F)c(Cl)nc2nc(Cl)nn12. The van der Waals surface area contributed by atoms with Gasteiger partial charge in [-0.2, -0.15) is 14.5 Å². The van der Waals surface area contributed by atoms with Gasteiger partial charge in [0, 0.05) is 18.2 Å². The summed E-state index contributed by atoms with van der Waals surface area (Å²) >= 11 is 12.1. The maximum atomic E-state index is 14.3. The van der Waals surface area contributed by atoms with Gasteiger partial charge in [0.15, 0.2) is 0 Å². The van der Waals surface area contributed by atoms with Gasteiger partial charge in [-0.15, -0.1) is 5.10 Å². The number of nitrogens with zero attached hydrogens (tertiary/aromatic N) is 4. The lowest BCUT2D eigenvalue weighted by Crippen LogP contribution is -2.14. The molecule has 126 valence electrons. The van der Waals surface area contributed by atoms with Gasteiger partial charge >= 0.3 is 0 Å². The highest BCUT2D eigenvalue weighted by Crippen LogP contribution is 2.36. The Balaban J connectivity index is 2.28. The van der Waals surface area contributed by atoms with Crippen LogP contribution in [0.4, 0.5) is 14.6 Å². The zero-order valence-corrected chi connectivity index (χ0v) is 14.3. The summed E-state index contributed by atoms with van der Waals surface area (Å²) in [6.45, 7) is 4.60. The predicted octanol–water partition coefficient (Wildman–Crippen LogP) is 4.44. The van der Waals surface area contributed by atoms with Crippen molar-refractivity contribution in [3.8, 4) is 11.1 Å². The number of anilines is 1. The number of rotatable bonds is 4. The molecule has 0 saturated carbocycles. The van der Waals surface area contributed by atoms with Crippen LogP contribution in [0.1, 0.15) is 13.8 Å². The van der Waals surface area contributed by atoms with Gasteiger partial charge in [0.25, 0.3) is 5.78 Å². The lowest BCUT2D eigenvalue weighted by atomic mass is 10.1. The Kier molecular flexibility index (Phi) is 4.56. The molecule has 0 spiro atoms. The van der Waals surface area contributed by atoms with E-state index < -0.39 is 11.6 Å². The van der Waals surface area contributed by atoms with E-state index in [0.29, 0.717) is 18.3 Å². The van der Waals surface area contributed by atoms with Crippen LogP contribution in [-0.4, -0.2) is 26.1 Å². The summed E-state index contributed by atoms with van der Waals surface area (Å²) in [4.78, 5) is 8.06. The third-order valence-corrected chi connectivity index (χ3v) is 3.73. The van der Waals surface area contributed by atoms with Crippen LogP contribution >= 0.6 is 23.2 Å². The molecule has 0 aliphatic rings. The second kappa shape index (κ2) is 6.49. The molecule has 0 radical (unpaired) electrons. The van der Waals surface area contributed by atoms with E-state index in [1.165, 1.54) is 10.6 Å². The molecule has 3 rings (SSSR count). The molecule has 0 aliphatic heterocycles. The number of aromatic nitrogens is 4. The summed E-state index contributed by atoms with van der Waals surface area (Å²) in [6, 6.07) is 3.24. The zero-order chi connectivity index (χ0) is 17.4. The average Bonchev–Trinajstić information content (AvgIpc) is 2.85. The Hall–Kier alpha value is -1.99. The lowest BCUT2D eigenvalue weighted by Gasteiger charge is -2.16. The fourth-order valence-electron chi connectivity index (χ4n) is 2.24. The van der Waals surface area contributed by atoms with Crippen molar-refractivity contribution in [2.45, 2.75) is 13.8 Å². The van der Waals surface area contributed by atoms with Gasteiger partial charge in [-0.3, -0.25) is 0 Å². The quantitative estimate of drug-likeness (QED) is 0.688. The number of nitrogens with one attached hydrogen (secondary N) is 1. The molecule has 24 heavy (non-hydrogen) atoms. The van der Waals surface area contributed by atoms with Crippen molar-refractivity contribution in [2.24, 2.45) is 5.92 Å². The Morgan fingerprint density at radius 3 is 2.62 bits per heavy atom. The van der Waals surface area contributed by atoms with Crippen LogP contribution in [0.25, 0.3) is 16.9 Å². The van der Waals surface area contributed by atoms with Crippen LogP contribution in [0.2, 0.25) is 10.4 Å². The lowest BCUT2D eigenvalue weighted by molar-refractivity contribution is 0.585. The van der Waals surface area contributed by atoms with Gasteiger partial charge in [0.1, 0.15) is 22.6 Å². The Morgan fingerprint density at radius 2 is 1.96 bits per heavy atom. The van der Waals surface area contributed by atoms with Crippen molar-refractivity contribution in [1.29, 1.82) is 0 Å². The number of hydrogen-bond acceptors (Lipinski definition) is 4. The summed E-state index contributed by atoms with van der Waals surface area (Å²) in [7, 11) is 0. The van der Waals surface area contributed by atoms with E-state index >= 15 is 0 Å². The summed E-state index contributed by atoms with van der Waals surface area (Å²) < 4.78 is 28.9. The molecule has 0 aliphatic carbocycles. The minimum absolute atomic E-state index is 0.0112. The van der Waals surface area contributed by atoms with E-state index in [-0.39, 0.29) is 27.3 Å². The minimum atomic E-state index is -0.753. The van der Waals surface area contributed by atoms with E-state index in [2.05, 4.69) is 20.4 Å². The highest BCUT2D eigenvalue weighted by atomic mass is 35.5. The van der Waals surface area contributed by atoms with Gasteiger partial charge < -0.3 is 5.32 Å². The summed E-state index contributed by atoms with van der Waals surface area (Å²) in [5.41, 5.74) is 0.373. The predicted molar refractivity (Wildman–Crippen MR) is 89.5 cm³/mol. The van der Waals surface area contributed by atoms with Gasteiger partial charge in [-0.25, -0.2) is 8.78 Å². The first-order valence-electron chi connectivity index (χ1n) is 7.18. The number of fused-ring (bicyclic) bond motifs is 1. The normalized spacial score (nSPS) is 11.5. The molecule has 5 nitrogen and oxygen atoms in total. The number of hydrogen-bond donors (Lipinski definition) is 1. The third-order valence-electron chi connectivity index (χ3n) is 3.30.